The first-order valence-electron chi connectivity index (χ1n) is 10.7. The number of hydrogen-bond acceptors (Lipinski definition) is 8. The molecule has 2 N–H and O–H groups in total. The van der Waals surface area contributed by atoms with Crippen molar-refractivity contribution in [2.45, 2.75) is 13.8 Å². The lowest BCUT2D eigenvalue weighted by Crippen LogP contribution is -2.32. The van der Waals surface area contributed by atoms with E-state index in [1.165, 1.54) is 42.5 Å². The van der Waals surface area contributed by atoms with E-state index in [4.69, 9.17) is 39.5 Å². The molecule has 37 heavy (non-hydrogen) atoms. The highest BCUT2D eigenvalue weighted by Crippen LogP contribution is 2.36. The number of aromatic nitrogens is 1. The summed E-state index contributed by atoms with van der Waals surface area (Å²) in [6, 6.07) is 10.5. The third-order valence-electron chi connectivity index (χ3n) is 5.07. The van der Waals surface area contributed by atoms with Crippen molar-refractivity contribution >= 4 is 86.3 Å². The Balaban J connectivity index is 1.47. The van der Waals surface area contributed by atoms with E-state index >= 15 is 0 Å². The average Bonchev–Trinajstić information content (AvgIpc) is 3.33. The van der Waals surface area contributed by atoms with Crippen LogP contribution in [-0.2, 0) is 14.3 Å². The number of esters is 1. The van der Waals surface area contributed by atoms with Crippen LogP contribution in [0.5, 0.6) is 0 Å². The first kappa shape index (κ1) is 26.6. The van der Waals surface area contributed by atoms with Crippen molar-refractivity contribution in [3.8, 4) is 0 Å². The number of amides is 3. The molecular formula is C24H17Cl3N4O5S. The smallest absolute Gasteiger partial charge is 0.350 e. The third-order valence-corrected chi connectivity index (χ3v) is 7.03. The number of benzene rings is 2. The monoisotopic (exact) mass is 578 g/mol. The molecule has 0 unspecified atom stereocenters. The summed E-state index contributed by atoms with van der Waals surface area (Å²) in [5.41, 5.74) is 1.10. The van der Waals surface area contributed by atoms with Gasteiger partial charge in [0.05, 0.1) is 23.0 Å². The van der Waals surface area contributed by atoms with Crippen LogP contribution in [-0.4, -0.2) is 35.3 Å². The second-order valence-corrected chi connectivity index (χ2v) is 9.76. The normalized spacial score (nSPS) is 13.3. The number of halogens is 3. The molecule has 0 aliphatic carbocycles. The zero-order valence-electron chi connectivity index (χ0n) is 19.2. The van der Waals surface area contributed by atoms with Crippen molar-refractivity contribution in [2.75, 3.05) is 22.1 Å². The molecule has 0 fully saturated rings. The minimum Gasteiger partial charge on any atom is -0.462 e. The maximum absolute atomic E-state index is 13.0. The van der Waals surface area contributed by atoms with Crippen LogP contribution in [0.3, 0.4) is 0 Å². The summed E-state index contributed by atoms with van der Waals surface area (Å²) in [5.74, 6) is -2.42. The van der Waals surface area contributed by atoms with Gasteiger partial charge in [-0.2, -0.15) is 0 Å². The molecule has 1 aromatic heterocycles. The van der Waals surface area contributed by atoms with Crippen LogP contribution in [0, 0.1) is 6.92 Å². The van der Waals surface area contributed by atoms with Gasteiger partial charge in [-0.1, -0.05) is 46.1 Å². The summed E-state index contributed by atoms with van der Waals surface area (Å²) in [5, 5.41) is 5.83. The highest BCUT2D eigenvalue weighted by Gasteiger charge is 2.40. The van der Waals surface area contributed by atoms with Gasteiger partial charge in [0.15, 0.2) is 5.13 Å². The lowest BCUT2D eigenvalue weighted by atomic mass is 10.2. The Morgan fingerprint density at radius 2 is 1.76 bits per heavy atom. The molecule has 1 aliphatic heterocycles. The van der Waals surface area contributed by atoms with Crippen molar-refractivity contribution < 1.29 is 23.9 Å². The van der Waals surface area contributed by atoms with E-state index in [0.717, 1.165) is 16.2 Å². The maximum Gasteiger partial charge on any atom is 0.350 e. The maximum atomic E-state index is 13.0. The summed E-state index contributed by atoms with van der Waals surface area (Å²) < 4.78 is 4.98. The van der Waals surface area contributed by atoms with Crippen LogP contribution in [0.15, 0.2) is 53.2 Å². The molecule has 1 aliphatic rings. The summed E-state index contributed by atoms with van der Waals surface area (Å²) in [7, 11) is 0. The van der Waals surface area contributed by atoms with Crippen LogP contribution in [0.25, 0.3) is 0 Å². The van der Waals surface area contributed by atoms with E-state index in [9.17, 15) is 19.2 Å². The van der Waals surface area contributed by atoms with Gasteiger partial charge >= 0.3 is 5.97 Å². The number of rotatable bonds is 7. The van der Waals surface area contributed by atoms with E-state index in [1.54, 1.807) is 13.8 Å². The number of hydrogen-bond donors (Lipinski definition) is 2. The topological polar surface area (TPSA) is 118 Å². The van der Waals surface area contributed by atoms with Gasteiger partial charge in [0.25, 0.3) is 17.7 Å². The molecule has 0 saturated heterocycles. The lowest BCUT2D eigenvalue weighted by Gasteiger charge is -2.17. The molecule has 3 aromatic rings. The highest BCUT2D eigenvalue weighted by atomic mass is 35.5. The summed E-state index contributed by atoms with van der Waals surface area (Å²) in [4.78, 5) is 55.6. The van der Waals surface area contributed by atoms with Crippen molar-refractivity contribution in [1.82, 2.24) is 4.98 Å². The Kier molecular flexibility index (Phi) is 7.84. The van der Waals surface area contributed by atoms with E-state index in [0.29, 0.717) is 16.3 Å². The van der Waals surface area contributed by atoms with Gasteiger partial charge in [0, 0.05) is 16.3 Å². The van der Waals surface area contributed by atoms with Crippen LogP contribution in [0.4, 0.5) is 16.5 Å². The van der Waals surface area contributed by atoms with Gasteiger partial charge in [-0.15, -0.1) is 0 Å². The van der Waals surface area contributed by atoms with Gasteiger partial charge in [0.2, 0.25) is 0 Å². The standard InChI is InChI=1S/C24H17Cl3N4O5S/c1-3-36-23(35)19-11(2)28-24(37-19)30-20(32)12-4-7-14(8-5-12)29-18-17(27)21(33)31(22(18)34)16-10-13(25)6-9-15(16)26/h4-10,29H,3H2,1-2H3,(H,28,30,32). The highest BCUT2D eigenvalue weighted by molar-refractivity contribution is 7.17. The number of ether oxygens (including phenoxy) is 1. The fourth-order valence-corrected chi connectivity index (χ4v) is 4.78. The van der Waals surface area contributed by atoms with Gasteiger partial charge < -0.3 is 10.1 Å². The Bertz CT molecular complexity index is 1470. The number of anilines is 3. The number of carbonyl (C=O) groups is 4. The molecule has 3 amide bonds. The van der Waals surface area contributed by atoms with Crippen LogP contribution in [0.2, 0.25) is 10.0 Å². The Morgan fingerprint density at radius 1 is 1.05 bits per heavy atom. The molecule has 0 bridgehead atoms. The second kappa shape index (κ2) is 10.9. The Morgan fingerprint density at radius 3 is 2.43 bits per heavy atom. The molecule has 0 saturated carbocycles. The van der Waals surface area contributed by atoms with Crippen molar-refractivity contribution in [2.24, 2.45) is 0 Å². The predicted molar refractivity (Wildman–Crippen MR) is 143 cm³/mol. The molecular weight excluding hydrogens is 563 g/mol. The van der Waals surface area contributed by atoms with Crippen LogP contribution in [0.1, 0.15) is 32.6 Å². The van der Waals surface area contributed by atoms with E-state index in [-0.39, 0.29) is 43.8 Å². The Labute approximate surface area is 230 Å². The molecule has 0 atom stereocenters. The fourth-order valence-electron chi connectivity index (χ4n) is 3.34. The van der Waals surface area contributed by atoms with E-state index in [2.05, 4.69) is 15.6 Å². The summed E-state index contributed by atoms with van der Waals surface area (Å²) in [6.45, 7) is 3.58. The first-order valence-corrected chi connectivity index (χ1v) is 12.6. The number of aryl methyl sites for hydroxylation is 1. The number of thiazole rings is 1. The van der Waals surface area contributed by atoms with E-state index in [1.807, 2.05) is 0 Å². The molecule has 2 aromatic carbocycles. The minimum atomic E-state index is -0.754. The molecule has 0 radical (unpaired) electrons. The zero-order valence-corrected chi connectivity index (χ0v) is 22.3. The second-order valence-electron chi connectivity index (χ2n) is 7.54. The Hall–Kier alpha value is -3.44. The van der Waals surface area contributed by atoms with Gasteiger partial charge in [-0.3, -0.25) is 19.7 Å². The van der Waals surface area contributed by atoms with E-state index < -0.39 is 23.7 Å². The first-order chi connectivity index (χ1) is 17.6. The molecule has 0 spiro atoms. The minimum absolute atomic E-state index is 0.106. The van der Waals surface area contributed by atoms with Crippen molar-refractivity contribution in [3.05, 3.63) is 79.4 Å². The number of nitrogens with one attached hydrogen (secondary N) is 2. The van der Waals surface area contributed by atoms with Crippen LogP contribution >= 0.6 is 46.1 Å². The molecule has 9 nitrogen and oxygen atoms in total. The lowest BCUT2D eigenvalue weighted by molar-refractivity contribution is -0.120. The number of imide groups is 1. The molecule has 2 heterocycles. The third kappa shape index (κ3) is 5.47. The van der Waals surface area contributed by atoms with Gasteiger partial charge in [-0.05, 0) is 56.3 Å². The molecule has 4 rings (SSSR count). The number of nitrogens with zero attached hydrogens (tertiary/aromatic N) is 2. The number of carbonyl (C=O) groups excluding carboxylic acids is 4. The van der Waals surface area contributed by atoms with Crippen molar-refractivity contribution in [1.29, 1.82) is 0 Å². The summed E-state index contributed by atoms with van der Waals surface area (Å²) >= 11 is 19.3. The summed E-state index contributed by atoms with van der Waals surface area (Å²) in [6.07, 6.45) is 0. The predicted octanol–water partition coefficient (Wildman–Crippen LogP) is 5.62. The van der Waals surface area contributed by atoms with Crippen LogP contribution < -0.4 is 15.5 Å². The SMILES string of the molecule is CCOC(=O)c1sc(NC(=O)c2ccc(NC3=C(Cl)C(=O)N(c4cc(Cl)ccc4Cl)C3=O)cc2)nc1C. The van der Waals surface area contributed by atoms with Gasteiger partial charge in [0.1, 0.15) is 15.6 Å². The van der Waals surface area contributed by atoms with Crippen molar-refractivity contribution in [3.63, 3.8) is 0 Å². The molecule has 190 valence electrons. The fraction of sp³-hybridized carbons (Fsp3) is 0.125. The average molecular weight is 580 g/mol. The van der Waals surface area contributed by atoms with Gasteiger partial charge in [-0.25, -0.2) is 14.7 Å². The largest absolute Gasteiger partial charge is 0.462 e. The molecule has 13 heteroatoms. The zero-order chi connectivity index (χ0) is 26.9. The quantitative estimate of drug-likeness (QED) is 0.275.